The number of urea groups is 1. The number of benzene rings is 2. The average Bonchev–Trinajstić information content (AvgIpc) is 3.14. The molecule has 0 aliphatic carbocycles. The van der Waals surface area contributed by atoms with Crippen LogP contribution in [0.5, 0.6) is 5.75 Å². The maximum atomic E-state index is 13.2. The Balaban J connectivity index is 1.64. The number of hydrogen-bond donors (Lipinski definition) is 0. The fourth-order valence-corrected chi connectivity index (χ4v) is 5.96. The summed E-state index contributed by atoms with van der Waals surface area (Å²) in [5, 5.41) is 8.95. The van der Waals surface area contributed by atoms with Gasteiger partial charge in [0.15, 0.2) is 9.84 Å². The quantitative estimate of drug-likeness (QED) is 0.706. The van der Waals surface area contributed by atoms with Crippen molar-refractivity contribution in [3.8, 4) is 11.8 Å². The summed E-state index contributed by atoms with van der Waals surface area (Å²) in [5.41, 5.74) is 2.06. The van der Waals surface area contributed by atoms with Gasteiger partial charge in [-0.25, -0.2) is 13.2 Å². The smallest absolute Gasteiger partial charge is 0.325 e. The molecule has 2 fully saturated rings. The van der Waals surface area contributed by atoms with Crippen molar-refractivity contribution in [3.05, 3.63) is 59.7 Å². The number of amides is 2. The van der Waals surface area contributed by atoms with Gasteiger partial charge in [-0.1, -0.05) is 12.1 Å². The molecule has 2 aliphatic heterocycles. The number of anilines is 1. The van der Waals surface area contributed by atoms with Crippen molar-refractivity contribution >= 4 is 21.6 Å². The third-order valence-electron chi connectivity index (χ3n) is 5.34. The van der Waals surface area contributed by atoms with Crippen molar-refractivity contribution in [2.45, 2.75) is 25.6 Å². The molecule has 2 saturated heterocycles. The number of nitriles is 1. The molecule has 0 N–H and O–H groups in total. The Kier molecular flexibility index (Phi) is 4.92. The molecule has 0 aromatic heterocycles. The van der Waals surface area contributed by atoms with Crippen molar-refractivity contribution in [2.24, 2.45) is 0 Å². The van der Waals surface area contributed by atoms with E-state index in [1.165, 1.54) is 0 Å². The third kappa shape index (κ3) is 3.66. The first-order valence-corrected chi connectivity index (χ1v) is 11.3. The molecule has 0 spiro atoms. The van der Waals surface area contributed by atoms with E-state index < -0.39 is 21.9 Å². The highest BCUT2D eigenvalue weighted by Gasteiger charge is 2.53. The molecular weight excluding hydrogens is 390 g/mol. The van der Waals surface area contributed by atoms with Gasteiger partial charge < -0.3 is 9.64 Å². The van der Waals surface area contributed by atoms with E-state index in [9.17, 15) is 13.2 Å². The maximum Gasteiger partial charge on any atom is 0.325 e. The molecular formula is C21H21N3O4S. The van der Waals surface area contributed by atoms with Crippen LogP contribution < -0.4 is 9.64 Å². The van der Waals surface area contributed by atoms with E-state index in [2.05, 4.69) is 6.07 Å². The molecule has 4 rings (SSSR count). The summed E-state index contributed by atoms with van der Waals surface area (Å²) < 4.78 is 30.1. The monoisotopic (exact) mass is 411 g/mol. The lowest BCUT2D eigenvalue weighted by molar-refractivity contribution is 0.206. The van der Waals surface area contributed by atoms with Crippen LogP contribution in [0.4, 0.5) is 10.5 Å². The van der Waals surface area contributed by atoms with Gasteiger partial charge in [0.25, 0.3) is 0 Å². The Labute approximate surface area is 170 Å². The normalized spacial score (nSPS) is 22.4. The first-order chi connectivity index (χ1) is 13.9. The lowest BCUT2D eigenvalue weighted by atomic mass is 10.1. The van der Waals surface area contributed by atoms with Gasteiger partial charge in [0.1, 0.15) is 5.75 Å². The van der Waals surface area contributed by atoms with Crippen LogP contribution in [0.15, 0.2) is 48.5 Å². The van der Waals surface area contributed by atoms with Crippen molar-refractivity contribution < 1.29 is 17.9 Å². The second-order valence-electron chi connectivity index (χ2n) is 7.23. The van der Waals surface area contributed by atoms with Crippen molar-refractivity contribution in [1.82, 2.24) is 4.90 Å². The van der Waals surface area contributed by atoms with Crippen LogP contribution in [0.25, 0.3) is 0 Å². The van der Waals surface area contributed by atoms with Crippen LogP contribution in [0.2, 0.25) is 0 Å². The molecule has 2 aromatic rings. The van der Waals surface area contributed by atoms with Gasteiger partial charge in [0.05, 0.1) is 41.8 Å². The summed E-state index contributed by atoms with van der Waals surface area (Å²) in [4.78, 5) is 16.5. The van der Waals surface area contributed by atoms with Crippen LogP contribution in [-0.4, -0.2) is 49.5 Å². The Hall–Kier alpha value is -3.05. The molecule has 0 radical (unpaired) electrons. The number of nitrogens with zero attached hydrogens (tertiary/aromatic N) is 3. The Bertz CT molecular complexity index is 1060. The second kappa shape index (κ2) is 7.41. The van der Waals surface area contributed by atoms with E-state index in [0.29, 0.717) is 30.2 Å². The van der Waals surface area contributed by atoms with Crippen LogP contribution in [0, 0.1) is 11.3 Å². The van der Waals surface area contributed by atoms with E-state index in [-0.39, 0.29) is 17.5 Å². The molecule has 2 aliphatic rings. The number of carbonyl (C=O) groups is 1. The molecule has 29 heavy (non-hydrogen) atoms. The van der Waals surface area contributed by atoms with Crippen LogP contribution in [0.1, 0.15) is 18.1 Å². The summed E-state index contributed by atoms with van der Waals surface area (Å²) >= 11 is 0. The summed E-state index contributed by atoms with van der Waals surface area (Å²) in [6.45, 7) is 2.74. The molecule has 7 nitrogen and oxygen atoms in total. The molecule has 8 heteroatoms. The highest BCUT2D eigenvalue weighted by atomic mass is 32.2. The molecule has 2 amide bonds. The van der Waals surface area contributed by atoms with Gasteiger partial charge >= 0.3 is 6.03 Å². The molecule has 0 bridgehead atoms. The van der Waals surface area contributed by atoms with E-state index in [1.54, 1.807) is 58.3 Å². The highest BCUT2D eigenvalue weighted by Crippen LogP contribution is 2.36. The molecule has 150 valence electrons. The number of ether oxygens (including phenoxy) is 1. The summed E-state index contributed by atoms with van der Waals surface area (Å²) in [6, 6.07) is 15.2. The standard InChI is InChI=1S/C21H21N3O4S/c1-2-28-18-9-7-17(8-10-18)24-20-14-29(26,27)13-19(20)23(21(24)25)12-16-5-3-15(11-22)4-6-16/h3-10,19-20H,2,12-14H2,1H3/t19-,20-/m1/s1. The zero-order chi connectivity index (χ0) is 20.6. The van der Waals surface area contributed by atoms with Crippen LogP contribution in [-0.2, 0) is 16.4 Å². The zero-order valence-electron chi connectivity index (χ0n) is 16.0. The number of rotatable bonds is 5. The van der Waals surface area contributed by atoms with E-state index in [4.69, 9.17) is 10.00 Å². The predicted molar refractivity (Wildman–Crippen MR) is 108 cm³/mol. The van der Waals surface area contributed by atoms with Crippen LogP contribution in [0.3, 0.4) is 0 Å². The largest absolute Gasteiger partial charge is 0.494 e. The minimum Gasteiger partial charge on any atom is -0.494 e. The number of sulfone groups is 1. The SMILES string of the molecule is CCOc1ccc(N2C(=O)N(Cc3ccc(C#N)cc3)[C@@H]3CS(=O)(=O)C[C@H]32)cc1. The van der Waals surface area contributed by atoms with Crippen molar-refractivity contribution in [3.63, 3.8) is 0 Å². The van der Waals surface area contributed by atoms with Gasteiger partial charge in [-0.15, -0.1) is 0 Å². The average molecular weight is 411 g/mol. The maximum absolute atomic E-state index is 13.2. The van der Waals surface area contributed by atoms with Crippen molar-refractivity contribution in [1.29, 1.82) is 5.26 Å². The molecule has 2 atom stereocenters. The van der Waals surface area contributed by atoms with Gasteiger partial charge in [-0.3, -0.25) is 4.90 Å². The van der Waals surface area contributed by atoms with E-state index in [1.807, 2.05) is 6.92 Å². The first kappa shape index (κ1) is 19.3. The first-order valence-electron chi connectivity index (χ1n) is 9.44. The van der Waals surface area contributed by atoms with E-state index >= 15 is 0 Å². The third-order valence-corrected chi connectivity index (χ3v) is 7.04. The van der Waals surface area contributed by atoms with Crippen molar-refractivity contribution in [2.75, 3.05) is 23.0 Å². The minimum atomic E-state index is -3.23. The minimum absolute atomic E-state index is 0.0345. The highest BCUT2D eigenvalue weighted by molar-refractivity contribution is 7.91. The van der Waals surface area contributed by atoms with Crippen LogP contribution >= 0.6 is 0 Å². The van der Waals surface area contributed by atoms with Gasteiger partial charge in [-0.05, 0) is 48.9 Å². The topological polar surface area (TPSA) is 90.7 Å². The molecule has 2 heterocycles. The Morgan fingerprint density at radius 2 is 1.72 bits per heavy atom. The fraction of sp³-hybridized carbons (Fsp3) is 0.333. The molecule has 2 aromatic carbocycles. The lowest BCUT2D eigenvalue weighted by Gasteiger charge is -2.23. The summed E-state index contributed by atoms with van der Waals surface area (Å²) in [6.07, 6.45) is 0. The summed E-state index contributed by atoms with van der Waals surface area (Å²) in [7, 11) is -3.23. The zero-order valence-corrected chi connectivity index (χ0v) is 16.8. The number of fused-ring (bicyclic) bond motifs is 1. The Morgan fingerprint density at radius 1 is 1.07 bits per heavy atom. The molecule has 0 saturated carbocycles. The van der Waals surface area contributed by atoms with Gasteiger partial charge in [-0.2, -0.15) is 5.26 Å². The lowest BCUT2D eigenvalue weighted by Crippen LogP contribution is -2.37. The predicted octanol–water partition coefficient (Wildman–Crippen LogP) is 2.56. The van der Waals surface area contributed by atoms with E-state index in [0.717, 1.165) is 5.56 Å². The van der Waals surface area contributed by atoms with Gasteiger partial charge in [0, 0.05) is 12.2 Å². The number of hydrogen-bond acceptors (Lipinski definition) is 5. The second-order valence-corrected chi connectivity index (χ2v) is 9.38. The number of carbonyl (C=O) groups excluding carboxylic acids is 1. The fourth-order valence-electron chi connectivity index (χ4n) is 4.01. The van der Waals surface area contributed by atoms with Gasteiger partial charge in [0.2, 0.25) is 0 Å². The molecule has 0 unspecified atom stereocenters. The Morgan fingerprint density at radius 3 is 2.34 bits per heavy atom. The summed E-state index contributed by atoms with van der Waals surface area (Å²) in [5.74, 6) is 0.626.